The summed E-state index contributed by atoms with van der Waals surface area (Å²) in [6.45, 7) is 9.35. The number of aromatic amines is 1. The van der Waals surface area contributed by atoms with E-state index in [-0.39, 0.29) is 23.8 Å². The van der Waals surface area contributed by atoms with Gasteiger partial charge in [0.15, 0.2) is 0 Å². The quantitative estimate of drug-likeness (QED) is 0.254. The molecule has 0 radical (unpaired) electrons. The van der Waals surface area contributed by atoms with Crippen LogP contribution < -0.4 is 16.0 Å². The first-order valence-electron chi connectivity index (χ1n) is 14.2. The topological polar surface area (TPSA) is 106 Å². The molecule has 1 saturated heterocycles. The second-order valence-corrected chi connectivity index (χ2v) is 11.2. The first-order valence-corrected chi connectivity index (χ1v) is 14.6. The van der Waals surface area contributed by atoms with Crippen molar-refractivity contribution >= 4 is 46.7 Å². The molecular formula is C32H36ClN5O3. The van der Waals surface area contributed by atoms with Gasteiger partial charge in [-0.1, -0.05) is 30.7 Å². The highest BCUT2D eigenvalue weighted by molar-refractivity contribution is 6.35. The Hall–Kier alpha value is -3.88. The van der Waals surface area contributed by atoms with E-state index in [9.17, 15) is 14.4 Å². The summed E-state index contributed by atoms with van der Waals surface area (Å²) in [5.41, 5.74) is 5.89. The Morgan fingerprint density at radius 2 is 1.88 bits per heavy atom. The van der Waals surface area contributed by atoms with Crippen LogP contribution in [-0.2, 0) is 4.79 Å². The molecule has 0 saturated carbocycles. The van der Waals surface area contributed by atoms with Gasteiger partial charge in [0.1, 0.15) is 0 Å². The Bertz CT molecular complexity index is 1520. The number of H-pyrrole nitrogens is 1. The third kappa shape index (κ3) is 6.24. The molecule has 3 aromatic rings. The zero-order valence-corrected chi connectivity index (χ0v) is 24.5. The lowest BCUT2D eigenvalue weighted by atomic mass is 10.0. The number of hydrogen-bond donors (Lipinski definition) is 4. The van der Waals surface area contributed by atoms with Crippen molar-refractivity contribution in [2.45, 2.75) is 46.1 Å². The number of carbonyl (C=O) groups is 3. The summed E-state index contributed by atoms with van der Waals surface area (Å²) in [5, 5.41) is 9.63. The molecule has 1 atom stereocenters. The van der Waals surface area contributed by atoms with E-state index in [0.717, 1.165) is 36.5 Å². The Labute approximate surface area is 245 Å². The van der Waals surface area contributed by atoms with Crippen molar-refractivity contribution in [1.29, 1.82) is 0 Å². The highest BCUT2D eigenvalue weighted by Gasteiger charge is 2.27. The fourth-order valence-electron chi connectivity index (χ4n) is 5.68. The van der Waals surface area contributed by atoms with Crippen LogP contribution in [0.25, 0.3) is 11.6 Å². The molecule has 0 bridgehead atoms. The van der Waals surface area contributed by atoms with Crippen LogP contribution in [0.5, 0.6) is 0 Å². The number of aryl methyl sites for hydroxylation is 1. The minimum Gasteiger partial charge on any atom is -0.358 e. The molecule has 1 fully saturated rings. The molecule has 1 unspecified atom stereocenters. The first kappa shape index (κ1) is 28.6. The van der Waals surface area contributed by atoms with Crippen LogP contribution in [0.2, 0.25) is 5.02 Å². The van der Waals surface area contributed by atoms with Crippen molar-refractivity contribution in [1.82, 2.24) is 20.5 Å². The molecule has 5 rings (SSSR count). The van der Waals surface area contributed by atoms with Crippen molar-refractivity contribution in [2.75, 3.05) is 31.5 Å². The minimum absolute atomic E-state index is 0.125. The molecular weight excluding hydrogens is 538 g/mol. The zero-order chi connectivity index (χ0) is 29.1. The molecule has 4 N–H and O–H groups in total. The summed E-state index contributed by atoms with van der Waals surface area (Å²) < 4.78 is 0. The van der Waals surface area contributed by atoms with E-state index in [2.05, 4.69) is 25.8 Å². The molecule has 2 aliphatic rings. The van der Waals surface area contributed by atoms with E-state index >= 15 is 0 Å². The summed E-state index contributed by atoms with van der Waals surface area (Å²) in [7, 11) is 0. The van der Waals surface area contributed by atoms with E-state index in [1.54, 1.807) is 30.3 Å². The monoisotopic (exact) mass is 573 g/mol. The molecule has 0 aliphatic carbocycles. The molecule has 2 aliphatic heterocycles. The number of hydrogen-bond acceptors (Lipinski definition) is 4. The van der Waals surface area contributed by atoms with Crippen LogP contribution in [0.1, 0.15) is 81.0 Å². The largest absolute Gasteiger partial charge is 0.358 e. The highest BCUT2D eigenvalue weighted by Crippen LogP contribution is 2.35. The first-order chi connectivity index (χ1) is 19.7. The maximum Gasteiger partial charge on any atom is 0.256 e. The van der Waals surface area contributed by atoms with E-state index in [1.165, 1.54) is 12.8 Å². The lowest BCUT2D eigenvalue weighted by molar-refractivity contribution is -0.110. The lowest BCUT2D eigenvalue weighted by Crippen LogP contribution is -2.33. The molecule has 3 heterocycles. The van der Waals surface area contributed by atoms with Crippen molar-refractivity contribution in [2.24, 2.45) is 0 Å². The van der Waals surface area contributed by atoms with Gasteiger partial charge in [-0.05, 0) is 93.7 Å². The summed E-state index contributed by atoms with van der Waals surface area (Å²) in [5.74, 6) is -0.621. The van der Waals surface area contributed by atoms with Crippen molar-refractivity contribution in [3.8, 4) is 0 Å². The molecule has 0 spiro atoms. The zero-order valence-electron chi connectivity index (χ0n) is 23.7. The van der Waals surface area contributed by atoms with Crippen LogP contribution >= 0.6 is 11.6 Å². The fourth-order valence-corrected chi connectivity index (χ4v) is 5.88. The standard InChI is InChI=1S/C32H36ClN5O3/c1-4-26(21-8-7-9-23(33)16-21)36-30(39)22-10-11-27-24(17-22)25(31(40)37-27)18-28-19(2)29(20(3)35-28)32(41)34-12-15-38-13-5-6-14-38/h7-11,16-18,26,35H,4-6,12-15H2,1-3H3,(H,34,41)(H,36,39)(H,37,40)/b25-18-. The van der Waals surface area contributed by atoms with Gasteiger partial charge in [0.2, 0.25) is 0 Å². The fraction of sp³-hybridized carbons (Fsp3) is 0.344. The maximum atomic E-state index is 13.2. The molecule has 1 aromatic heterocycles. The van der Waals surface area contributed by atoms with Crippen LogP contribution in [0.15, 0.2) is 42.5 Å². The van der Waals surface area contributed by atoms with E-state index in [4.69, 9.17) is 11.6 Å². The van der Waals surface area contributed by atoms with Gasteiger partial charge < -0.3 is 25.8 Å². The molecule has 41 heavy (non-hydrogen) atoms. The average Bonchev–Trinajstić information content (AvgIpc) is 3.65. The number of halogens is 1. The number of aromatic nitrogens is 1. The number of nitrogens with zero attached hydrogens (tertiary/aromatic N) is 1. The summed E-state index contributed by atoms with van der Waals surface area (Å²) in [6, 6.07) is 12.4. The number of rotatable bonds is 9. The molecule has 3 amide bonds. The molecule has 2 aromatic carbocycles. The SMILES string of the molecule is CCC(NC(=O)c1ccc2c(c1)/C(=C/c1[nH]c(C)c(C(=O)NCCN3CCCC3)c1C)C(=O)N2)c1cccc(Cl)c1. The normalized spacial score (nSPS) is 16.5. The van der Waals surface area contributed by atoms with Crippen molar-refractivity contribution in [3.05, 3.63) is 86.7 Å². The van der Waals surface area contributed by atoms with Crippen LogP contribution in [0.4, 0.5) is 5.69 Å². The summed E-state index contributed by atoms with van der Waals surface area (Å²) >= 11 is 6.16. The Morgan fingerprint density at radius 3 is 2.61 bits per heavy atom. The highest BCUT2D eigenvalue weighted by atomic mass is 35.5. The van der Waals surface area contributed by atoms with Gasteiger partial charge in [-0.3, -0.25) is 14.4 Å². The van der Waals surface area contributed by atoms with Gasteiger partial charge >= 0.3 is 0 Å². The second-order valence-electron chi connectivity index (χ2n) is 10.7. The van der Waals surface area contributed by atoms with Gasteiger partial charge in [0, 0.05) is 46.3 Å². The molecule has 8 nitrogen and oxygen atoms in total. The number of anilines is 1. The average molecular weight is 574 g/mol. The van der Waals surface area contributed by atoms with E-state index < -0.39 is 0 Å². The minimum atomic E-state index is -0.258. The predicted octanol–water partition coefficient (Wildman–Crippen LogP) is 5.48. The van der Waals surface area contributed by atoms with E-state index in [1.807, 2.05) is 39.0 Å². The Balaban J connectivity index is 1.35. The number of nitrogens with one attached hydrogen (secondary N) is 4. The Kier molecular flexibility index (Phi) is 8.61. The third-order valence-corrected chi connectivity index (χ3v) is 8.17. The summed E-state index contributed by atoms with van der Waals surface area (Å²) in [6.07, 6.45) is 4.88. The summed E-state index contributed by atoms with van der Waals surface area (Å²) in [4.78, 5) is 44.9. The molecule has 9 heteroatoms. The predicted molar refractivity (Wildman–Crippen MR) is 163 cm³/mol. The van der Waals surface area contributed by atoms with Crippen molar-refractivity contribution in [3.63, 3.8) is 0 Å². The maximum absolute atomic E-state index is 13.2. The van der Waals surface area contributed by atoms with Gasteiger partial charge in [-0.15, -0.1) is 0 Å². The van der Waals surface area contributed by atoms with Gasteiger partial charge in [0.05, 0.1) is 17.2 Å². The smallest absolute Gasteiger partial charge is 0.256 e. The van der Waals surface area contributed by atoms with Gasteiger partial charge in [-0.25, -0.2) is 0 Å². The number of amides is 3. The molecule has 214 valence electrons. The van der Waals surface area contributed by atoms with Crippen LogP contribution in [-0.4, -0.2) is 53.8 Å². The number of likely N-dealkylation sites (tertiary alicyclic amines) is 1. The number of fused-ring (bicyclic) bond motifs is 1. The van der Waals surface area contributed by atoms with Crippen LogP contribution in [0, 0.1) is 13.8 Å². The second kappa shape index (κ2) is 12.3. The van der Waals surface area contributed by atoms with Gasteiger partial charge in [-0.2, -0.15) is 0 Å². The van der Waals surface area contributed by atoms with Crippen LogP contribution in [0.3, 0.4) is 0 Å². The van der Waals surface area contributed by atoms with Gasteiger partial charge in [0.25, 0.3) is 17.7 Å². The third-order valence-electron chi connectivity index (χ3n) is 7.93. The Morgan fingerprint density at radius 1 is 1.10 bits per heavy atom. The number of carbonyl (C=O) groups excluding carboxylic acids is 3. The lowest BCUT2D eigenvalue weighted by Gasteiger charge is -2.18. The number of benzene rings is 2. The van der Waals surface area contributed by atoms with E-state index in [0.29, 0.717) is 51.6 Å². The van der Waals surface area contributed by atoms with Crippen molar-refractivity contribution < 1.29 is 14.4 Å².